The number of esters is 1. The van der Waals surface area contributed by atoms with Crippen LogP contribution in [-0.2, 0) is 16.0 Å². The number of benzene rings is 1. The summed E-state index contributed by atoms with van der Waals surface area (Å²) in [4.78, 5) is 20.5. The normalized spacial score (nSPS) is 9.94. The molecule has 0 radical (unpaired) electrons. The van der Waals surface area contributed by atoms with Crippen LogP contribution in [0.25, 0.3) is 0 Å². The van der Waals surface area contributed by atoms with Gasteiger partial charge in [0.2, 0.25) is 0 Å². The van der Waals surface area contributed by atoms with Gasteiger partial charge in [0.15, 0.2) is 0 Å². The highest BCUT2D eigenvalue weighted by molar-refractivity contribution is 5.74. The number of halogens is 2. The third-order valence-corrected chi connectivity index (χ3v) is 1.88. The largest absolute Gasteiger partial charge is 0.469 e. The summed E-state index contributed by atoms with van der Waals surface area (Å²) in [6.07, 6.45) is -0.612. The van der Waals surface area contributed by atoms with E-state index in [1.807, 2.05) is 0 Å². The molecule has 0 N–H and O–H groups in total. The molecule has 0 unspecified atom stereocenters. The number of hydrogen-bond donors (Lipinski definition) is 0. The molecule has 0 bridgehead atoms. The van der Waals surface area contributed by atoms with Crippen molar-refractivity contribution in [2.45, 2.75) is 6.42 Å². The molecule has 86 valence electrons. The van der Waals surface area contributed by atoms with E-state index in [2.05, 4.69) is 4.74 Å². The predicted octanol–water partition coefficient (Wildman–Crippen LogP) is 1.59. The van der Waals surface area contributed by atoms with E-state index in [-0.39, 0.29) is 0 Å². The molecule has 0 amide bonds. The molecule has 1 rings (SSSR count). The highest BCUT2D eigenvalue weighted by Gasteiger charge is 2.22. The van der Waals surface area contributed by atoms with E-state index in [4.69, 9.17) is 0 Å². The molecule has 16 heavy (non-hydrogen) atoms. The topological polar surface area (TPSA) is 69.4 Å². The standard InChI is InChI=1S/C9H7F2NO4/c1-16-9(13)4-6-7(11)2-5(10)3-8(6)12(14)15/h2-3H,4H2,1H3. The molecule has 0 saturated carbocycles. The Morgan fingerprint density at radius 3 is 2.62 bits per heavy atom. The maximum atomic E-state index is 13.2. The highest BCUT2D eigenvalue weighted by atomic mass is 19.1. The number of nitrogens with zero attached hydrogens (tertiary/aromatic N) is 1. The van der Waals surface area contributed by atoms with Crippen molar-refractivity contribution in [1.29, 1.82) is 0 Å². The number of hydrogen-bond acceptors (Lipinski definition) is 4. The van der Waals surface area contributed by atoms with Gasteiger partial charge >= 0.3 is 5.97 Å². The van der Waals surface area contributed by atoms with E-state index in [1.54, 1.807) is 0 Å². The summed E-state index contributed by atoms with van der Waals surface area (Å²) in [5.74, 6) is -3.05. The average Bonchev–Trinajstić information content (AvgIpc) is 2.20. The van der Waals surface area contributed by atoms with E-state index >= 15 is 0 Å². The lowest BCUT2D eigenvalue weighted by molar-refractivity contribution is -0.385. The second kappa shape index (κ2) is 4.65. The quantitative estimate of drug-likeness (QED) is 0.450. The number of nitro groups is 1. The van der Waals surface area contributed by atoms with E-state index in [0.29, 0.717) is 12.1 Å². The van der Waals surface area contributed by atoms with Crippen molar-refractivity contribution in [3.63, 3.8) is 0 Å². The summed E-state index contributed by atoms with van der Waals surface area (Å²) in [5.41, 5.74) is -1.26. The van der Waals surface area contributed by atoms with Crippen LogP contribution in [0.5, 0.6) is 0 Å². The number of nitro benzene ring substituents is 1. The molecule has 0 aliphatic carbocycles. The monoisotopic (exact) mass is 231 g/mol. The van der Waals surface area contributed by atoms with Gasteiger partial charge in [-0.2, -0.15) is 0 Å². The van der Waals surface area contributed by atoms with Gasteiger partial charge in [0, 0.05) is 6.07 Å². The van der Waals surface area contributed by atoms with Gasteiger partial charge < -0.3 is 4.74 Å². The number of carbonyl (C=O) groups is 1. The van der Waals surface area contributed by atoms with Crippen LogP contribution in [0.2, 0.25) is 0 Å². The zero-order valence-electron chi connectivity index (χ0n) is 8.20. The first-order valence-corrected chi connectivity index (χ1v) is 4.15. The smallest absolute Gasteiger partial charge is 0.310 e. The second-order valence-corrected chi connectivity index (χ2v) is 2.90. The molecule has 0 spiro atoms. The molecule has 5 nitrogen and oxygen atoms in total. The fraction of sp³-hybridized carbons (Fsp3) is 0.222. The maximum absolute atomic E-state index is 13.2. The molecule has 1 aromatic carbocycles. The minimum absolute atomic E-state index is 0.477. The lowest BCUT2D eigenvalue weighted by atomic mass is 10.1. The van der Waals surface area contributed by atoms with Gasteiger partial charge in [0.25, 0.3) is 5.69 Å². The number of ether oxygens (including phenoxy) is 1. The first-order valence-electron chi connectivity index (χ1n) is 4.15. The minimum atomic E-state index is -1.14. The average molecular weight is 231 g/mol. The minimum Gasteiger partial charge on any atom is -0.469 e. The van der Waals surface area contributed by atoms with Crippen LogP contribution in [-0.4, -0.2) is 18.0 Å². The summed E-state index contributed by atoms with van der Waals surface area (Å²) in [7, 11) is 1.07. The van der Waals surface area contributed by atoms with Gasteiger partial charge in [0.1, 0.15) is 11.6 Å². The van der Waals surface area contributed by atoms with Crippen molar-refractivity contribution in [3.8, 4) is 0 Å². The SMILES string of the molecule is COC(=O)Cc1c(F)cc(F)cc1[N+](=O)[O-]. The number of rotatable bonds is 3. The van der Waals surface area contributed by atoms with Crippen molar-refractivity contribution < 1.29 is 23.2 Å². The fourth-order valence-corrected chi connectivity index (χ4v) is 1.14. The van der Waals surface area contributed by atoms with Crippen molar-refractivity contribution in [2.75, 3.05) is 7.11 Å². The van der Waals surface area contributed by atoms with Gasteiger partial charge in [-0.25, -0.2) is 8.78 Å². The lowest BCUT2D eigenvalue weighted by Crippen LogP contribution is -2.09. The van der Waals surface area contributed by atoms with Crippen LogP contribution in [0.3, 0.4) is 0 Å². The molecule has 0 aromatic heterocycles. The molecule has 0 atom stereocenters. The molecule has 0 aliphatic heterocycles. The van der Waals surface area contributed by atoms with E-state index < -0.39 is 40.2 Å². The predicted molar refractivity (Wildman–Crippen MR) is 48.7 cm³/mol. The van der Waals surface area contributed by atoms with Crippen LogP contribution in [0.4, 0.5) is 14.5 Å². The first-order chi connectivity index (χ1) is 7.45. The summed E-state index contributed by atoms with van der Waals surface area (Å²) >= 11 is 0. The number of carbonyl (C=O) groups excluding carboxylic acids is 1. The molecule has 1 aromatic rings. The Hall–Kier alpha value is -2.05. The van der Waals surface area contributed by atoms with Crippen LogP contribution >= 0.6 is 0 Å². The zero-order chi connectivity index (χ0) is 12.3. The van der Waals surface area contributed by atoms with Gasteiger partial charge in [-0.05, 0) is 0 Å². The van der Waals surface area contributed by atoms with Crippen LogP contribution < -0.4 is 0 Å². The second-order valence-electron chi connectivity index (χ2n) is 2.90. The summed E-state index contributed by atoms with van der Waals surface area (Å²) < 4.78 is 30.2. The molecule has 0 heterocycles. The summed E-state index contributed by atoms with van der Waals surface area (Å²) in [6, 6.07) is 1.03. The Morgan fingerprint density at radius 2 is 2.12 bits per heavy atom. The van der Waals surface area contributed by atoms with Crippen molar-refractivity contribution >= 4 is 11.7 Å². The third-order valence-electron chi connectivity index (χ3n) is 1.88. The molecular weight excluding hydrogens is 224 g/mol. The Bertz CT molecular complexity index is 447. The van der Waals surface area contributed by atoms with Crippen LogP contribution in [0.15, 0.2) is 12.1 Å². The van der Waals surface area contributed by atoms with Gasteiger partial charge in [-0.15, -0.1) is 0 Å². The molecular formula is C9H7F2NO4. The highest BCUT2D eigenvalue weighted by Crippen LogP contribution is 2.23. The van der Waals surface area contributed by atoms with Gasteiger partial charge in [0.05, 0.1) is 30.1 Å². The first kappa shape index (κ1) is 12.0. The number of methoxy groups -OCH3 is 1. The molecule has 0 fully saturated rings. The Labute approximate surface area is 88.8 Å². The Morgan fingerprint density at radius 1 is 1.50 bits per heavy atom. The van der Waals surface area contributed by atoms with Crippen molar-refractivity contribution in [1.82, 2.24) is 0 Å². The van der Waals surface area contributed by atoms with Crippen LogP contribution in [0.1, 0.15) is 5.56 Å². The summed E-state index contributed by atoms with van der Waals surface area (Å²) in [5, 5.41) is 10.5. The van der Waals surface area contributed by atoms with Crippen molar-refractivity contribution in [2.24, 2.45) is 0 Å². The molecule has 0 saturated heterocycles. The lowest BCUT2D eigenvalue weighted by Gasteiger charge is -2.03. The van der Waals surface area contributed by atoms with Crippen LogP contribution in [0, 0.1) is 21.7 Å². The van der Waals surface area contributed by atoms with Crippen molar-refractivity contribution in [3.05, 3.63) is 39.4 Å². The Balaban J connectivity index is 3.24. The molecule has 7 heteroatoms. The summed E-state index contributed by atoms with van der Waals surface area (Å²) in [6.45, 7) is 0. The Kier molecular flexibility index (Phi) is 3.49. The van der Waals surface area contributed by atoms with Gasteiger partial charge in [-0.1, -0.05) is 0 Å². The van der Waals surface area contributed by atoms with E-state index in [0.717, 1.165) is 7.11 Å². The van der Waals surface area contributed by atoms with E-state index in [9.17, 15) is 23.7 Å². The van der Waals surface area contributed by atoms with E-state index in [1.165, 1.54) is 0 Å². The zero-order valence-corrected chi connectivity index (χ0v) is 8.20. The third kappa shape index (κ3) is 2.50. The maximum Gasteiger partial charge on any atom is 0.310 e. The molecule has 0 aliphatic rings. The fourth-order valence-electron chi connectivity index (χ4n) is 1.14. The van der Waals surface area contributed by atoms with Gasteiger partial charge in [-0.3, -0.25) is 14.9 Å².